The zero-order valence-electron chi connectivity index (χ0n) is 21.3. The second-order valence-electron chi connectivity index (χ2n) is 10.5. The average molecular weight is 464 g/mol. The van der Waals surface area contributed by atoms with Gasteiger partial charge < -0.3 is 10.1 Å². The van der Waals surface area contributed by atoms with Crippen molar-refractivity contribution in [2.75, 3.05) is 0 Å². The van der Waals surface area contributed by atoms with Crippen molar-refractivity contribution in [2.24, 2.45) is 5.92 Å². The molecule has 1 N–H and O–H groups in total. The summed E-state index contributed by atoms with van der Waals surface area (Å²) in [6.07, 6.45) is 6.55. The molecule has 3 rings (SSSR count). The second kappa shape index (κ2) is 10.5. The van der Waals surface area contributed by atoms with Crippen molar-refractivity contribution in [1.29, 1.82) is 5.26 Å². The van der Waals surface area contributed by atoms with Crippen LogP contribution in [0, 0.1) is 24.2 Å². The van der Waals surface area contributed by atoms with E-state index in [1.54, 1.807) is 25.1 Å². The molecule has 0 saturated heterocycles. The fraction of sp³-hybridized carbons (Fsp3) is 0.571. The minimum atomic E-state index is -0.619. The third-order valence-corrected chi connectivity index (χ3v) is 6.75. The highest BCUT2D eigenvalue weighted by molar-refractivity contribution is 5.99. The van der Waals surface area contributed by atoms with Crippen LogP contribution in [0.2, 0.25) is 0 Å². The third-order valence-electron chi connectivity index (χ3n) is 6.75. The number of amides is 1. The lowest BCUT2D eigenvalue weighted by atomic mass is 9.84. The van der Waals surface area contributed by atoms with Gasteiger partial charge in [0.15, 0.2) is 0 Å². The van der Waals surface area contributed by atoms with Gasteiger partial charge in [-0.3, -0.25) is 14.6 Å². The fourth-order valence-corrected chi connectivity index (χ4v) is 4.99. The minimum Gasteiger partial charge on any atom is -0.459 e. The van der Waals surface area contributed by atoms with E-state index in [2.05, 4.69) is 18.3 Å². The summed E-state index contributed by atoms with van der Waals surface area (Å²) >= 11 is 0. The summed E-state index contributed by atoms with van der Waals surface area (Å²) in [6.45, 7) is 11.3. The molecule has 1 unspecified atom stereocenters. The number of carbonyl (C=O) groups is 2. The molecule has 1 fully saturated rings. The molecule has 2 atom stereocenters. The van der Waals surface area contributed by atoms with Crippen LogP contribution in [0.1, 0.15) is 106 Å². The number of ether oxygens (including phenoxy) is 1. The molecule has 34 heavy (non-hydrogen) atoms. The number of aryl methyl sites for hydroxylation is 1. The first-order valence-corrected chi connectivity index (χ1v) is 12.4. The van der Waals surface area contributed by atoms with E-state index >= 15 is 0 Å². The molecule has 1 aliphatic carbocycles. The van der Waals surface area contributed by atoms with Gasteiger partial charge in [0, 0.05) is 28.2 Å². The minimum absolute atomic E-state index is 0.120. The molecule has 0 spiro atoms. The summed E-state index contributed by atoms with van der Waals surface area (Å²) in [4.78, 5) is 30.6. The van der Waals surface area contributed by atoms with Crippen molar-refractivity contribution in [2.45, 2.75) is 97.6 Å². The summed E-state index contributed by atoms with van der Waals surface area (Å²) in [5, 5.41) is 13.8. The Hall–Kier alpha value is -2.94. The van der Waals surface area contributed by atoms with Crippen molar-refractivity contribution in [1.82, 2.24) is 10.3 Å². The van der Waals surface area contributed by atoms with E-state index < -0.39 is 11.5 Å². The Kier molecular flexibility index (Phi) is 7.97. The number of nitrogens with one attached hydrogen (secondary N) is 1. The first-order valence-electron chi connectivity index (χ1n) is 12.4. The van der Waals surface area contributed by atoms with Gasteiger partial charge in [-0.15, -0.1) is 0 Å². The molecule has 0 aliphatic heterocycles. The molecule has 2 aromatic rings. The Bertz CT molecular complexity index is 1100. The van der Waals surface area contributed by atoms with Gasteiger partial charge in [-0.1, -0.05) is 32.3 Å². The van der Waals surface area contributed by atoms with Crippen LogP contribution in [-0.4, -0.2) is 28.5 Å². The second-order valence-corrected chi connectivity index (χ2v) is 10.5. The highest BCUT2D eigenvalue weighted by atomic mass is 16.6. The summed E-state index contributed by atoms with van der Waals surface area (Å²) in [5.74, 6) is -0.541. The predicted molar refractivity (Wildman–Crippen MR) is 134 cm³/mol. The first kappa shape index (κ1) is 25.7. The van der Waals surface area contributed by atoms with E-state index in [-0.39, 0.29) is 17.9 Å². The van der Waals surface area contributed by atoms with Gasteiger partial charge in [0.25, 0.3) is 5.91 Å². The number of hydrogen-bond acceptors (Lipinski definition) is 5. The largest absolute Gasteiger partial charge is 0.459 e. The molecule has 6 nitrogen and oxygen atoms in total. The van der Waals surface area contributed by atoms with Crippen molar-refractivity contribution in [3.8, 4) is 6.07 Å². The van der Waals surface area contributed by atoms with Gasteiger partial charge in [-0.2, -0.15) is 5.26 Å². The molecule has 1 aliphatic rings. The summed E-state index contributed by atoms with van der Waals surface area (Å²) in [7, 11) is 0. The monoisotopic (exact) mass is 463 g/mol. The zero-order valence-corrected chi connectivity index (χ0v) is 21.3. The maximum absolute atomic E-state index is 13.0. The first-order chi connectivity index (χ1) is 16.1. The third kappa shape index (κ3) is 5.75. The highest BCUT2D eigenvalue weighted by Crippen LogP contribution is 2.33. The quantitative estimate of drug-likeness (QED) is 0.535. The molecule has 1 aromatic carbocycles. The standard InChI is InChI=1S/C28H37N3O3/c1-7-21(27(33)34-28(4,5)6)25-18(3)30-24-15-20(13-14-22(24)23(25)16-29)26(32)31-17(2)19-11-9-8-10-12-19/h13-15,17,19,21H,7-12H2,1-6H3,(H,31,32)/t17-,21?/m0/s1. The molecule has 1 aromatic heterocycles. The van der Waals surface area contributed by atoms with Gasteiger partial charge in [0.1, 0.15) is 11.7 Å². The van der Waals surface area contributed by atoms with Gasteiger partial charge in [0.05, 0.1) is 17.0 Å². The molecule has 0 radical (unpaired) electrons. The number of esters is 1. The lowest BCUT2D eigenvalue weighted by Gasteiger charge is -2.28. The fourth-order valence-electron chi connectivity index (χ4n) is 4.99. The number of fused-ring (bicyclic) bond motifs is 1. The van der Waals surface area contributed by atoms with Gasteiger partial charge in [0.2, 0.25) is 0 Å². The summed E-state index contributed by atoms with van der Waals surface area (Å²) < 4.78 is 5.62. The van der Waals surface area contributed by atoms with Crippen LogP contribution in [-0.2, 0) is 9.53 Å². The number of benzene rings is 1. The Morgan fingerprint density at radius 1 is 1.24 bits per heavy atom. The normalized spacial score (nSPS) is 16.5. The van der Waals surface area contributed by atoms with Gasteiger partial charge in [-0.25, -0.2) is 0 Å². The van der Waals surface area contributed by atoms with E-state index in [0.717, 1.165) is 12.8 Å². The van der Waals surface area contributed by atoms with E-state index in [1.165, 1.54) is 19.3 Å². The number of rotatable bonds is 6. The Morgan fingerprint density at radius 3 is 2.50 bits per heavy atom. The van der Waals surface area contributed by atoms with Crippen LogP contribution in [0.5, 0.6) is 0 Å². The summed E-state index contributed by atoms with van der Waals surface area (Å²) in [5.41, 5.74) is 2.12. The van der Waals surface area contributed by atoms with Crippen molar-refractivity contribution >= 4 is 22.8 Å². The molecule has 1 amide bonds. The van der Waals surface area contributed by atoms with E-state index in [0.29, 0.717) is 45.6 Å². The van der Waals surface area contributed by atoms with Crippen LogP contribution in [0.25, 0.3) is 10.9 Å². The molecule has 182 valence electrons. The topological polar surface area (TPSA) is 92.1 Å². The SMILES string of the molecule is CCC(C(=O)OC(C)(C)C)c1c(C)nc2cc(C(=O)N[C@@H](C)C3CCCCC3)ccc2c1C#N. The summed E-state index contributed by atoms with van der Waals surface area (Å²) in [6, 6.07) is 7.65. The van der Waals surface area contributed by atoms with Crippen molar-refractivity contribution in [3.05, 3.63) is 40.6 Å². The number of carbonyl (C=O) groups excluding carboxylic acids is 2. The Labute approximate surface area is 203 Å². The number of hydrogen-bond donors (Lipinski definition) is 1. The molecule has 1 heterocycles. The van der Waals surface area contributed by atoms with Crippen LogP contribution in [0.15, 0.2) is 18.2 Å². The molecular weight excluding hydrogens is 426 g/mol. The Balaban J connectivity index is 1.93. The number of nitriles is 1. The zero-order chi connectivity index (χ0) is 25.0. The van der Waals surface area contributed by atoms with E-state index in [1.807, 2.05) is 27.7 Å². The number of nitrogens with zero attached hydrogens (tertiary/aromatic N) is 2. The van der Waals surface area contributed by atoms with Crippen LogP contribution >= 0.6 is 0 Å². The highest BCUT2D eigenvalue weighted by Gasteiger charge is 2.30. The van der Waals surface area contributed by atoms with Crippen LogP contribution in [0.4, 0.5) is 0 Å². The van der Waals surface area contributed by atoms with Crippen molar-refractivity contribution in [3.63, 3.8) is 0 Å². The number of pyridine rings is 1. The number of aromatic nitrogens is 1. The van der Waals surface area contributed by atoms with Gasteiger partial charge >= 0.3 is 5.97 Å². The smallest absolute Gasteiger partial charge is 0.314 e. The molecule has 6 heteroatoms. The lowest BCUT2D eigenvalue weighted by Crippen LogP contribution is -2.38. The van der Waals surface area contributed by atoms with Crippen LogP contribution < -0.4 is 5.32 Å². The average Bonchev–Trinajstić information content (AvgIpc) is 2.78. The van der Waals surface area contributed by atoms with Crippen LogP contribution in [0.3, 0.4) is 0 Å². The van der Waals surface area contributed by atoms with E-state index in [9.17, 15) is 14.9 Å². The van der Waals surface area contributed by atoms with E-state index in [4.69, 9.17) is 9.72 Å². The maximum atomic E-state index is 13.0. The predicted octanol–water partition coefficient (Wildman–Crippen LogP) is 5.95. The molecular formula is C28H37N3O3. The lowest BCUT2D eigenvalue weighted by molar-refractivity contribution is -0.156. The van der Waals surface area contributed by atoms with Gasteiger partial charge in [-0.05, 0) is 71.9 Å². The maximum Gasteiger partial charge on any atom is 0.314 e. The Morgan fingerprint density at radius 2 is 1.91 bits per heavy atom. The molecule has 0 bridgehead atoms. The molecule has 1 saturated carbocycles. The van der Waals surface area contributed by atoms with Crippen molar-refractivity contribution < 1.29 is 14.3 Å².